The van der Waals surface area contributed by atoms with E-state index in [9.17, 15) is 4.79 Å². The fourth-order valence-corrected chi connectivity index (χ4v) is 3.28. The Bertz CT molecular complexity index is 724. The molecule has 0 spiro atoms. The Kier molecular flexibility index (Phi) is 4.17. The lowest BCUT2D eigenvalue weighted by atomic mass is 10.2. The summed E-state index contributed by atoms with van der Waals surface area (Å²) in [6, 6.07) is 6.38. The van der Waals surface area contributed by atoms with Gasteiger partial charge in [0.25, 0.3) is 0 Å². The third kappa shape index (κ3) is 2.99. The van der Waals surface area contributed by atoms with Crippen LogP contribution in [0.3, 0.4) is 0 Å². The number of aromatic nitrogens is 2. The molecule has 3 heterocycles. The number of carbonyl (C=O) groups excluding carboxylic acids is 1. The highest BCUT2D eigenvalue weighted by atomic mass is 16.5. The van der Waals surface area contributed by atoms with Gasteiger partial charge in [-0.05, 0) is 18.2 Å². The van der Waals surface area contributed by atoms with E-state index in [-0.39, 0.29) is 6.03 Å². The lowest BCUT2D eigenvalue weighted by Crippen LogP contribution is -2.54. The predicted octanol–water partition coefficient (Wildman–Crippen LogP) is 1.20. The molecule has 0 atom stereocenters. The SMILES string of the molecule is O=C(N1CCOCC1)N1CCN(c2ccc3ncncc3c2)CC1. The second-order valence-corrected chi connectivity index (χ2v) is 6.12. The Labute approximate surface area is 140 Å². The van der Waals surface area contributed by atoms with Crippen LogP contribution in [-0.2, 0) is 4.74 Å². The van der Waals surface area contributed by atoms with Gasteiger partial charge >= 0.3 is 6.03 Å². The molecule has 7 heteroatoms. The first-order valence-corrected chi connectivity index (χ1v) is 8.37. The normalized spacial score (nSPS) is 18.9. The summed E-state index contributed by atoms with van der Waals surface area (Å²) < 4.78 is 5.32. The van der Waals surface area contributed by atoms with Crippen molar-refractivity contribution in [3.05, 3.63) is 30.7 Å². The summed E-state index contributed by atoms with van der Waals surface area (Å²) >= 11 is 0. The van der Waals surface area contributed by atoms with Crippen molar-refractivity contribution >= 4 is 22.6 Å². The molecule has 0 N–H and O–H groups in total. The lowest BCUT2D eigenvalue weighted by Gasteiger charge is -2.39. The average molecular weight is 327 g/mol. The molecule has 24 heavy (non-hydrogen) atoms. The number of urea groups is 1. The number of carbonyl (C=O) groups is 1. The summed E-state index contributed by atoms with van der Waals surface area (Å²) in [6.45, 7) is 5.87. The first-order valence-electron chi connectivity index (χ1n) is 8.37. The van der Waals surface area contributed by atoms with Crippen LogP contribution in [0.5, 0.6) is 0 Å². The molecule has 1 aromatic carbocycles. The Balaban J connectivity index is 1.40. The molecule has 2 aliphatic heterocycles. The first-order chi connectivity index (χ1) is 11.8. The Morgan fingerprint density at radius 2 is 1.75 bits per heavy atom. The van der Waals surface area contributed by atoms with Gasteiger partial charge in [-0.25, -0.2) is 14.8 Å². The van der Waals surface area contributed by atoms with Crippen LogP contribution < -0.4 is 4.90 Å². The monoisotopic (exact) mass is 327 g/mol. The number of ether oxygens (including phenoxy) is 1. The van der Waals surface area contributed by atoms with Crippen LogP contribution >= 0.6 is 0 Å². The third-order valence-corrected chi connectivity index (χ3v) is 4.69. The van der Waals surface area contributed by atoms with Crippen molar-refractivity contribution in [1.82, 2.24) is 19.8 Å². The molecule has 0 bridgehead atoms. The summed E-state index contributed by atoms with van der Waals surface area (Å²) in [7, 11) is 0. The number of hydrogen-bond acceptors (Lipinski definition) is 5. The van der Waals surface area contributed by atoms with Crippen molar-refractivity contribution < 1.29 is 9.53 Å². The highest BCUT2D eigenvalue weighted by molar-refractivity contribution is 5.81. The van der Waals surface area contributed by atoms with E-state index in [1.54, 1.807) is 6.33 Å². The quantitative estimate of drug-likeness (QED) is 0.788. The number of amides is 2. The largest absolute Gasteiger partial charge is 0.378 e. The van der Waals surface area contributed by atoms with Gasteiger partial charge in [-0.2, -0.15) is 0 Å². The molecule has 4 rings (SSSR count). The van der Waals surface area contributed by atoms with Crippen molar-refractivity contribution in [1.29, 1.82) is 0 Å². The molecule has 2 aliphatic rings. The fraction of sp³-hybridized carbons (Fsp3) is 0.471. The number of benzene rings is 1. The number of anilines is 1. The molecule has 2 saturated heterocycles. The van der Waals surface area contributed by atoms with Gasteiger partial charge in [0.05, 0.1) is 18.7 Å². The fourth-order valence-electron chi connectivity index (χ4n) is 3.28. The summed E-state index contributed by atoms with van der Waals surface area (Å²) in [5, 5.41) is 1.04. The van der Waals surface area contributed by atoms with Crippen molar-refractivity contribution in [2.75, 3.05) is 57.4 Å². The van der Waals surface area contributed by atoms with Crippen molar-refractivity contribution in [3.63, 3.8) is 0 Å². The summed E-state index contributed by atoms with van der Waals surface area (Å²) in [6.07, 6.45) is 3.40. The van der Waals surface area contributed by atoms with Gasteiger partial charge in [-0.1, -0.05) is 0 Å². The Hall–Kier alpha value is -2.41. The average Bonchev–Trinajstić information content (AvgIpc) is 2.68. The smallest absolute Gasteiger partial charge is 0.320 e. The van der Waals surface area contributed by atoms with Crippen molar-refractivity contribution in [3.8, 4) is 0 Å². The van der Waals surface area contributed by atoms with Crippen LogP contribution in [0.2, 0.25) is 0 Å². The van der Waals surface area contributed by atoms with Gasteiger partial charge in [-0.15, -0.1) is 0 Å². The summed E-state index contributed by atoms with van der Waals surface area (Å²) in [5.41, 5.74) is 2.12. The van der Waals surface area contributed by atoms with Gasteiger partial charge < -0.3 is 19.4 Å². The maximum absolute atomic E-state index is 12.5. The number of nitrogens with zero attached hydrogens (tertiary/aromatic N) is 5. The van der Waals surface area contributed by atoms with E-state index >= 15 is 0 Å². The number of fused-ring (bicyclic) bond motifs is 1. The minimum absolute atomic E-state index is 0.143. The van der Waals surface area contributed by atoms with E-state index in [0.29, 0.717) is 26.3 Å². The van der Waals surface area contributed by atoms with Gasteiger partial charge in [0, 0.05) is 56.5 Å². The summed E-state index contributed by atoms with van der Waals surface area (Å²) in [4.78, 5) is 27.0. The number of rotatable bonds is 1. The van der Waals surface area contributed by atoms with Crippen LogP contribution in [0.15, 0.2) is 30.7 Å². The van der Waals surface area contributed by atoms with E-state index in [2.05, 4.69) is 27.0 Å². The lowest BCUT2D eigenvalue weighted by molar-refractivity contribution is 0.0428. The molecule has 2 amide bonds. The van der Waals surface area contributed by atoms with Crippen LogP contribution in [0.1, 0.15) is 0 Å². The van der Waals surface area contributed by atoms with E-state index in [1.807, 2.05) is 22.1 Å². The second-order valence-electron chi connectivity index (χ2n) is 6.12. The van der Waals surface area contributed by atoms with Crippen molar-refractivity contribution in [2.24, 2.45) is 0 Å². The molecule has 0 aliphatic carbocycles. The maximum Gasteiger partial charge on any atom is 0.320 e. The molecule has 0 radical (unpaired) electrons. The zero-order valence-corrected chi connectivity index (χ0v) is 13.6. The van der Waals surface area contributed by atoms with Gasteiger partial charge in [0.15, 0.2) is 0 Å². The Morgan fingerprint density at radius 1 is 1.00 bits per heavy atom. The molecule has 0 saturated carbocycles. The van der Waals surface area contributed by atoms with E-state index < -0.39 is 0 Å². The third-order valence-electron chi connectivity index (χ3n) is 4.69. The van der Waals surface area contributed by atoms with Gasteiger partial charge in [0.1, 0.15) is 6.33 Å². The van der Waals surface area contributed by atoms with Gasteiger partial charge in [0.2, 0.25) is 0 Å². The van der Waals surface area contributed by atoms with E-state index in [1.165, 1.54) is 0 Å². The second kappa shape index (κ2) is 6.60. The molecular formula is C17H21N5O2. The van der Waals surface area contributed by atoms with E-state index in [0.717, 1.165) is 42.8 Å². The molecule has 0 unspecified atom stereocenters. The zero-order chi connectivity index (χ0) is 16.4. The number of piperazine rings is 1. The minimum Gasteiger partial charge on any atom is -0.378 e. The highest BCUT2D eigenvalue weighted by Crippen LogP contribution is 2.21. The standard InChI is InChI=1S/C17H21N5O2/c23-17(22-7-9-24-10-8-22)21-5-3-20(4-6-21)15-1-2-16-14(11-15)12-18-13-19-16/h1-2,11-13H,3-10H2. The van der Waals surface area contributed by atoms with Crippen LogP contribution in [0.4, 0.5) is 10.5 Å². The van der Waals surface area contributed by atoms with Crippen LogP contribution in [-0.4, -0.2) is 78.3 Å². The molecular weight excluding hydrogens is 306 g/mol. The molecule has 126 valence electrons. The number of hydrogen-bond donors (Lipinski definition) is 0. The predicted molar refractivity (Wildman–Crippen MR) is 91.1 cm³/mol. The highest BCUT2D eigenvalue weighted by Gasteiger charge is 2.26. The minimum atomic E-state index is 0.143. The molecule has 2 fully saturated rings. The molecule has 1 aromatic heterocycles. The van der Waals surface area contributed by atoms with Crippen LogP contribution in [0, 0.1) is 0 Å². The first kappa shape index (κ1) is 15.1. The summed E-state index contributed by atoms with van der Waals surface area (Å²) in [5.74, 6) is 0. The van der Waals surface area contributed by atoms with Crippen LogP contribution in [0.25, 0.3) is 10.9 Å². The van der Waals surface area contributed by atoms with Gasteiger partial charge in [-0.3, -0.25) is 0 Å². The number of morpholine rings is 1. The van der Waals surface area contributed by atoms with Crippen molar-refractivity contribution in [2.45, 2.75) is 0 Å². The molecule has 7 nitrogen and oxygen atoms in total. The van der Waals surface area contributed by atoms with E-state index in [4.69, 9.17) is 4.74 Å². The topological polar surface area (TPSA) is 61.8 Å². The zero-order valence-electron chi connectivity index (χ0n) is 13.6. The maximum atomic E-state index is 12.5. The Morgan fingerprint density at radius 3 is 2.54 bits per heavy atom. The molecule has 2 aromatic rings.